The lowest BCUT2D eigenvalue weighted by Gasteiger charge is -2.12. The number of para-hydroxylation sites is 1. The normalized spacial score (nSPS) is 12.8. The molecular formula is C23H20BrN5O2. The zero-order chi connectivity index (χ0) is 21.4. The maximum Gasteiger partial charge on any atom is 0.261 e. The molecule has 0 radical (unpaired) electrons. The van der Waals surface area contributed by atoms with Crippen molar-refractivity contribution < 1.29 is 4.79 Å². The number of halogens is 1. The Kier molecular flexibility index (Phi) is 5.15. The molecule has 0 fully saturated rings. The average Bonchev–Trinajstić information content (AvgIpc) is 3.37. The van der Waals surface area contributed by atoms with E-state index < -0.39 is 0 Å². The second kappa shape index (κ2) is 8.11. The van der Waals surface area contributed by atoms with Gasteiger partial charge in [-0.15, -0.1) is 0 Å². The van der Waals surface area contributed by atoms with Gasteiger partial charge in [-0.1, -0.05) is 34.1 Å². The number of nitrogens with one attached hydrogen (secondary N) is 1. The van der Waals surface area contributed by atoms with Gasteiger partial charge in [0.15, 0.2) is 0 Å². The number of carbonyl (C=O) groups excluding carboxylic acids is 1. The fourth-order valence-electron chi connectivity index (χ4n) is 3.98. The smallest absolute Gasteiger partial charge is 0.261 e. The van der Waals surface area contributed by atoms with Crippen LogP contribution in [0.2, 0.25) is 0 Å². The predicted molar refractivity (Wildman–Crippen MR) is 123 cm³/mol. The number of anilines is 1. The number of benzene rings is 2. The quantitative estimate of drug-likeness (QED) is 0.473. The molecule has 1 amide bonds. The Labute approximate surface area is 186 Å². The highest BCUT2D eigenvalue weighted by Gasteiger charge is 2.24. The Bertz CT molecular complexity index is 1340. The summed E-state index contributed by atoms with van der Waals surface area (Å²) in [5.74, 6) is 0.574. The van der Waals surface area contributed by atoms with Crippen molar-refractivity contribution in [2.45, 2.75) is 32.2 Å². The number of fused-ring (bicyclic) bond motifs is 2. The lowest BCUT2D eigenvalue weighted by atomic mass is 10.2. The molecule has 31 heavy (non-hydrogen) atoms. The van der Waals surface area contributed by atoms with Crippen molar-refractivity contribution in [2.75, 3.05) is 5.32 Å². The lowest BCUT2D eigenvalue weighted by Crippen LogP contribution is -2.24. The van der Waals surface area contributed by atoms with Crippen LogP contribution in [0.1, 0.15) is 24.1 Å². The summed E-state index contributed by atoms with van der Waals surface area (Å²) in [6.07, 6.45) is 4.53. The van der Waals surface area contributed by atoms with Crippen molar-refractivity contribution in [3.8, 4) is 5.69 Å². The minimum absolute atomic E-state index is 0.158. The molecule has 2 aromatic heterocycles. The molecule has 0 aliphatic heterocycles. The summed E-state index contributed by atoms with van der Waals surface area (Å²) in [5, 5.41) is 8.29. The summed E-state index contributed by atoms with van der Waals surface area (Å²) in [6, 6.07) is 15.2. The van der Waals surface area contributed by atoms with Crippen molar-refractivity contribution in [3.63, 3.8) is 0 Å². The second-order valence-corrected chi connectivity index (χ2v) is 8.49. The first-order chi connectivity index (χ1) is 15.1. The lowest BCUT2D eigenvalue weighted by molar-refractivity contribution is -0.116. The summed E-state index contributed by atoms with van der Waals surface area (Å²) in [5.41, 5.74) is 3.53. The average molecular weight is 478 g/mol. The maximum absolute atomic E-state index is 12.8. The Morgan fingerprint density at radius 1 is 1.13 bits per heavy atom. The van der Waals surface area contributed by atoms with Crippen LogP contribution in [0.3, 0.4) is 0 Å². The van der Waals surface area contributed by atoms with Crippen molar-refractivity contribution in [3.05, 3.63) is 80.9 Å². The number of hydrogen-bond donors (Lipinski definition) is 1. The number of amides is 1. The number of aryl methyl sites for hydroxylation is 2. The molecule has 0 spiro atoms. The van der Waals surface area contributed by atoms with E-state index in [1.807, 2.05) is 41.1 Å². The molecule has 0 saturated heterocycles. The summed E-state index contributed by atoms with van der Waals surface area (Å²) in [4.78, 5) is 29.9. The van der Waals surface area contributed by atoms with Gasteiger partial charge in [0.05, 0.1) is 28.6 Å². The number of nitrogens with zero attached hydrogens (tertiary/aromatic N) is 4. The van der Waals surface area contributed by atoms with Gasteiger partial charge in [-0.2, -0.15) is 5.10 Å². The summed E-state index contributed by atoms with van der Waals surface area (Å²) < 4.78 is 4.11. The largest absolute Gasteiger partial charge is 0.310 e. The van der Waals surface area contributed by atoms with Crippen molar-refractivity contribution in [1.29, 1.82) is 0 Å². The molecule has 2 heterocycles. The Morgan fingerprint density at radius 3 is 2.81 bits per heavy atom. The molecule has 156 valence electrons. The molecule has 1 aliphatic carbocycles. The fourth-order valence-corrected chi connectivity index (χ4v) is 4.34. The SMILES string of the molecule is O=C(CCn1cnc2ccc(Br)cc2c1=O)Nc1c2c(nn1-c1ccccc1)CCC2. The predicted octanol–water partition coefficient (Wildman–Crippen LogP) is 3.86. The monoisotopic (exact) mass is 477 g/mol. The second-order valence-electron chi connectivity index (χ2n) is 7.58. The van der Waals surface area contributed by atoms with E-state index in [2.05, 4.69) is 26.2 Å². The highest BCUT2D eigenvalue weighted by Crippen LogP contribution is 2.31. The van der Waals surface area contributed by atoms with E-state index in [1.165, 1.54) is 10.9 Å². The van der Waals surface area contributed by atoms with Gasteiger partial charge < -0.3 is 5.32 Å². The zero-order valence-corrected chi connectivity index (χ0v) is 18.3. The summed E-state index contributed by atoms with van der Waals surface area (Å²) >= 11 is 3.39. The minimum atomic E-state index is -0.159. The molecule has 7 nitrogen and oxygen atoms in total. The van der Waals surface area contributed by atoms with E-state index in [1.54, 1.807) is 12.1 Å². The molecule has 4 aromatic rings. The standard InChI is InChI=1S/C23H20BrN5O2/c24-15-9-10-19-18(13-15)23(31)28(14-25-19)12-11-21(30)26-22-17-7-4-8-20(17)27-29(22)16-5-2-1-3-6-16/h1-3,5-6,9-10,13-14H,4,7-8,11-12H2,(H,26,30). The Balaban J connectivity index is 1.37. The van der Waals surface area contributed by atoms with E-state index >= 15 is 0 Å². The van der Waals surface area contributed by atoms with Crippen LogP contribution in [0, 0.1) is 0 Å². The third-order valence-electron chi connectivity index (χ3n) is 5.53. The minimum Gasteiger partial charge on any atom is -0.310 e. The van der Waals surface area contributed by atoms with Crippen LogP contribution in [0.25, 0.3) is 16.6 Å². The highest BCUT2D eigenvalue weighted by atomic mass is 79.9. The fraction of sp³-hybridized carbons (Fsp3) is 0.217. The molecule has 0 bridgehead atoms. The van der Waals surface area contributed by atoms with Gasteiger partial charge in [0, 0.05) is 23.0 Å². The topological polar surface area (TPSA) is 81.8 Å². The molecule has 2 aromatic carbocycles. The zero-order valence-electron chi connectivity index (χ0n) is 16.7. The van der Waals surface area contributed by atoms with Crippen LogP contribution < -0.4 is 10.9 Å². The maximum atomic E-state index is 12.8. The molecule has 5 rings (SSSR count). The van der Waals surface area contributed by atoms with Crippen LogP contribution in [-0.4, -0.2) is 25.2 Å². The van der Waals surface area contributed by atoms with Gasteiger partial charge in [0.2, 0.25) is 5.91 Å². The van der Waals surface area contributed by atoms with Crippen molar-refractivity contribution in [2.24, 2.45) is 0 Å². The van der Waals surface area contributed by atoms with E-state index in [0.29, 0.717) is 10.9 Å². The number of aromatic nitrogens is 4. The van der Waals surface area contributed by atoms with Gasteiger partial charge in [0.25, 0.3) is 5.56 Å². The third kappa shape index (κ3) is 3.79. The van der Waals surface area contributed by atoms with Gasteiger partial charge in [-0.25, -0.2) is 9.67 Å². The number of rotatable bonds is 5. The first-order valence-corrected chi connectivity index (χ1v) is 11.0. The molecule has 1 aliphatic rings. The first kappa shape index (κ1) is 19.7. The van der Waals surface area contributed by atoms with E-state index in [0.717, 1.165) is 46.5 Å². The number of carbonyl (C=O) groups is 1. The highest BCUT2D eigenvalue weighted by molar-refractivity contribution is 9.10. The van der Waals surface area contributed by atoms with Crippen LogP contribution in [0.5, 0.6) is 0 Å². The van der Waals surface area contributed by atoms with Gasteiger partial charge in [-0.05, 0) is 49.6 Å². The Morgan fingerprint density at radius 2 is 1.97 bits per heavy atom. The van der Waals surface area contributed by atoms with Crippen molar-refractivity contribution in [1.82, 2.24) is 19.3 Å². The van der Waals surface area contributed by atoms with Crippen LogP contribution in [0.4, 0.5) is 5.82 Å². The molecule has 0 unspecified atom stereocenters. The van der Waals surface area contributed by atoms with Gasteiger partial charge in [0.1, 0.15) is 5.82 Å². The molecular weight excluding hydrogens is 458 g/mol. The number of hydrogen-bond acceptors (Lipinski definition) is 4. The molecule has 0 atom stereocenters. The van der Waals surface area contributed by atoms with Crippen LogP contribution >= 0.6 is 15.9 Å². The van der Waals surface area contributed by atoms with Gasteiger partial charge in [-0.3, -0.25) is 14.2 Å². The Hall–Kier alpha value is -3.26. The van der Waals surface area contributed by atoms with Gasteiger partial charge >= 0.3 is 0 Å². The van der Waals surface area contributed by atoms with E-state index in [-0.39, 0.29) is 24.4 Å². The van der Waals surface area contributed by atoms with Crippen LogP contribution in [-0.2, 0) is 24.2 Å². The summed E-state index contributed by atoms with van der Waals surface area (Å²) in [6.45, 7) is 0.252. The summed E-state index contributed by atoms with van der Waals surface area (Å²) in [7, 11) is 0. The molecule has 8 heteroatoms. The van der Waals surface area contributed by atoms with Crippen molar-refractivity contribution >= 4 is 38.6 Å². The van der Waals surface area contributed by atoms with E-state index in [4.69, 9.17) is 5.10 Å². The molecule has 0 saturated carbocycles. The van der Waals surface area contributed by atoms with Crippen LogP contribution in [0.15, 0.2) is 64.1 Å². The molecule has 1 N–H and O–H groups in total. The third-order valence-corrected chi connectivity index (χ3v) is 6.02. The first-order valence-electron chi connectivity index (χ1n) is 10.2. The van der Waals surface area contributed by atoms with E-state index in [9.17, 15) is 9.59 Å².